The first-order valence-corrected chi connectivity index (χ1v) is 9.07. The quantitative estimate of drug-likeness (QED) is 0.766. The topological polar surface area (TPSA) is 70.1 Å². The van der Waals surface area contributed by atoms with E-state index in [1.54, 1.807) is 18.2 Å². The second-order valence-corrected chi connectivity index (χ2v) is 7.07. The lowest BCUT2D eigenvalue weighted by Gasteiger charge is -2.53. The summed E-state index contributed by atoms with van der Waals surface area (Å²) in [4.78, 5) is 27.3. The molecule has 1 aliphatic rings. The molecule has 1 N–H and O–H groups in total. The second kappa shape index (κ2) is 7.64. The van der Waals surface area contributed by atoms with Gasteiger partial charge in [0.1, 0.15) is 11.7 Å². The number of nitrogens with zero attached hydrogens (tertiary/aromatic N) is 2. The van der Waals surface area contributed by atoms with E-state index < -0.39 is 35.7 Å². The molecular weight excluding hydrogens is 401 g/mol. The lowest BCUT2D eigenvalue weighted by Crippen LogP contribution is -2.73. The van der Waals surface area contributed by atoms with Gasteiger partial charge >= 0.3 is 12.2 Å². The molecular formula is C21H21F3N2O4. The minimum Gasteiger partial charge on any atom is -0.496 e. The third kappa shape index (κ3) is 3.19. The molecule has 3 unspecified atom stereocenters. The van der Waals surface area contributed by atoms with E-state index in [0.29, 0.717) is 0 Å². The Hall–Kier alpha value is -3.07. The average Bonchev–Trinajstić information content (AvgIpc) is 2.74. The number of hydrogen-bond donors (Lipinski definition) is 1. The molecule has 2 aromatic rings. The number of benzene rings is 2. The maximum atomic E-state index is 14.2. The Morgan fingerprint density at radius 2 is 1.63 bits per heavy atom. The molecule has 0 saturated carbocycles. The maximum Gasteiger partial charge on any atom is 0.437 e. The summed E-state index contributed by atoms with van der Waals surface area (Å²) in [5, 5.41) is 10.9. The van der Waals surface area contributed by atoms with Crippen LogP contribution in [0.25, 0.3) is 0 Å². The van der Waals surface area contributed by atoms with Gasteiger partial charge in [0, 0.05) is 25.2 Å². The van der Waals surface area contributed by atoms with Crippen molar-refractivity contribution in [2.24, 2.45) is 5.92 Å². The van der Waals surface area contributed by atoms with E-state index in [-0.39, 0.29) is 21.8 Å². The van der Waals surface area contributed by atoms with Crippen LogP contribution in [0.4, 0.5) is 18.0 Å². The molecule has 1 aliphatic heterocycles. The molecule has 0 spiro atoms. The summed E-state index contributed by atoms with van der Waals surface area (Å²) >= 11 is 0. The molecule has 9 heteroatoms. The SMILES string of the molecule is COc1ccccc1C1C(C(=O)c2ccccc2)C(O)(C(F)(F)F)N(C)C(=O)N1C. The number of carbonyl (C=O) groups is 2. The molecule has 1 saturated heterocycles. The van der Waals surface area contributed by atoms with Gasteiger partial charge in [-0.3, -0.25) is 9.69 Å². The minimum atomic E-state index is -5.30. The summed E-state index contributed by atoms with van der Waals surface area (Å²) < 4.78 is 48.0. The molecule has 0 aliphatic carbocycles. The smallest absolute Gasteiger partial charge is 0.437 e. The molecule has 2 aromatic carbocycles. The monoisotopic (exact) mass is 422 g/mol. The van der Waals surface area contributed by atoms with Crippen molar-refractivity contribution in [3.8, 4) is 5.75 Å². The number of carbonyl (C=O) groups excluding carboxylic acids is 2. The number of Topliss-reactive ketones (excluding diaryl/α,β-unsaturated/α-hetero) is 1. The number of urea groups is 1. The van der Waals surface area contributed by atoms with Crippen molar-refractivity contribution < 1.29 is 32.6 Å². The predicted molar refractivity (Wildman–Crippen MR) is 102 cm³/mol. The zero-order chi connectivity index (χ0) is 22.3. The third-order valence-corrected chi connectivity index (χ3v) is 5.48. The fraction of sp³-hybridized carbons (Fsp3) is 0.333. The Morgan fingerprint density at radius 1 is 1.07 bits per heavy atom. The van der Waals surface area contributed by atoms with E-state index >= 15 is 0 Å². The van der Waals surface area contributed by atoms with Crippen LogP contribution in [0, 0.1) is 5.92 Å². The Kier molecular flexibility index (Phi) is 5.51. The minimum absolute atomic E-state index is 0.0128. The number of methoxy groups -OCH3 is 1. The van der Waals surface area contributed by atoms with Crippen molar-refractivity contribution in [2.45, 2.75) is 17.9 Å². The number of ether oxygens (including phenoxy) is 1. The van der Waals surface area contributed by atoms with Crippen LogP contribution in [0.3, 0.4) is 0 Å². The summed E-state index contributed by atoms with van der Waals surface area (Å²) in [6.45, 7) is 0. The fourth-order valence-corrected chi connectivity index (χ4v) is 3.93. The lowest BCUT2D eigenvalue weighted by atomic mass is 9.75. The molecule has 3 rings (SSSR count). The number of para-hydroxylation sites is 1. The summed E-state index contributed by atoms with van der Waals surface area (Å²) in [5.74, 6) is -2.82. The second-order valence-electron chi connectivity index (χ2n) is 7.07. The lowest BCUT2D eigenvalue weighted by molar-refractivity contribution is -0.328. The standard InChI is InChI=1S/C21H21F3N2O4/c1-25-17(14-11-7-8-12-15(14)30-3)16(18(27)13-9-5-4-6-10-13)20(29,21(22,23)24)26(2)19(25)28/h4-12,16-17,29H,1-3H3. The van der Waals surface area contributed by atoms with E-state index in [9.17, 15) is 27.9 Å². The van der Waals surface area contributed by atoms with Gasteiger partial charge in [-0.2, -0.15) is 13.2 Å². The summed E-state index contributed by atoms with van der Waals surface area (Å²) in [5.41, 5.74) is -3.56. The van der Waals surface area contributed by atoms with E-state index in [4.69, 9.17) is 4.74 Å². The highest BCUT2D eigenvalue weighted by Crippen LogP contribution is 2.51. The van der Waals surface area contributed by atoms with E-state index in [1.165, 1.54) is 50.6 Å². The maximum absolute atomic E-state index is 14.2. The van der Waals surface area contributed by atoms with Crippen molar-refractivity contribution in [3.05, 3.63) is 65.7 Å². The average molecular weight is 422 g/mol. The number of halogens is 3. The first kappa shape index (κ1) is 21.6. The number of ketones is 1. The van der Waals surface area contributed by atoms with Gasteiger partial charge in [-0.25, -0.2) is 4.79 Å². The summed E-state index contributed by atoms with van der Waals surface area (Å²) in [6, 6.07) is 11.0. The third-order valence-electron chi connectivity index (χ3n) is 5.48. The van der Waals surface area contributed by atoms with E-state index in [0.717, 1.165) is 11.9 Å². The fourth-order valence-electron chi connectivity index (χ4n) is 3.93. The first-order chi connectivity index (χ1) is 14.1. The highest BCUT2D eigenvalue weighted by molar-refractivity contribution is 6.00. The Labute approximate surface area is 171 Å². The molecule has 1 fully saturated rings. The van der Waals surface area contributed by atoms with Crippen LogP contribution in [-0.4, -0.2) is 59.8 Å². The van der Waals surface area contributed by atoms with Gasteiger partial charge in [-0.1, -0.05) is 48.5 Å². The van der Waals surface area contributed by atoms with Crippen LogP contribution in [0.15, 0.2) is 54.6 Å². The van der Waals surface area contributed by atoms with Crippen molar-refractivity contribution in [3.63, 3.8) is 0 Å². The normalized spacial score (nSPS) is 24.7. The number of rotatable bonds is 4. The molecule has 0 bridgehead atoms. The predicted octanol–water partition coefficient (Wildman–Crippen LogP) is 3.48. The van der Waals surface area contributed by atoms with Crippen LogP contribution >= 0.6 is 0 Å². The molecule has 6 nitrogen and oxygen atoms in total. The first-order valence-electron chi connectivity index (χ1n) is 9.07. The molecule has 2 amide bonds. The van der Waals surface area contributed by atoms with Crippen molar-refractivity contribution in [2.75, 3.05) is 21.2 Å². The van der Waals surface area contributed by atoms with Crippen LogP contribution in [0.5, 0.6) is 5.75 Å². The molecule has 160 valence electrons. The van der Waals surface area contributed by atoms with Gasteiger partial charge in [-0.05, 0) is 6.07 Å². The van der Waals surface area contributed by atoms with Gasteiger partial charge in [-0.15, -0.1) is 0 Å². The number of amides is 2. The van der Waals surface area contributed by atoms with Gasteiger partial charge in [0.2, 0.25) is 0 Å². The summed E-state index contributed by atoms with van der Waals surface area (Å²) in [6.07, 6.45) is -5.30. The van der Waals surface area contributed by atoms with Crippen LogP contribution in [-0.2, 0) is 0 Å². The Balaban J connectivity index is 2.31. The Morgan fingerprint density at radius 3 is 2.20 bits per heavy atom. The molecule has 0 radical (unpaired) electrons. The van der Waals surface area contributed by atoms with Crippen LogP contribution < -0.4 is 4.74 Å². The molecule has 1 heterocycles. The number of alkyl halides is 3. The van der Waals surface area contributed by atoms with Gasteiger partial charge < -0.3 is 14.7 Å². The number of hydrogen-bond acceptors (Lipinski definition) is 4. The van der Waals surface area contributed by atoms with Crippen molar-refractivity contribution >= 4 is 11.8 Å². The molecule has 0 aromatic heterocycles. The zero-order valence-electron chi connectivity index (χ0n) is 16.6. The molecule has 3 atom stereocenters. The van der Waals surface area contributed by atoms with Crippen molar-refractivity contribution in [1.82, 2.24) is 9.80 Å². The van der Waals surface area contributed by atoms with E-state index in [1.807, 2.05) is 0 Å². The van der Waals surface area contributed by atoms with Crippen molar-refractivity contribution in [1.29, 1.82) is 0 Å². The highest BCUT2D eigenvalue weighted by atomic mass is 19.4. The molecule has 30 heavy (non-hydrogen) atoms. The van der Waals surface area contributed by atoms with Crippen LogP contribution in [0.1, 0.15) is 22.0 Å². The zero-order valence-corrected chi connectivity index (χ0v) is 16.6. The van der Waals surface area contributed by atoms with Gasteiger partial charge in [0.15, 0.2) is 5.78 Å². The Bertz CT molecular complexity index is 951. The summed E-state index contributed by atoms with van der Waals surface area (Å²) in [7, 11) is 3.45. The highest BCUT2D eigenvalue weighted by Gasteiger charge is 2.70. The van der Waals surface area contributed by atoms with E-state index in [2.05, 4.69) is 0 Å². The number of aliphatic hydroxyl groups is 1. The van der Waals surface area contributed by atoms with Gasteiger partial charge in [0.05, 0.1) is 13.2 Å². The van der Waals surface area contributed by atoms with Crippen LogP contribution in [0.2, 0.25) is 0 Å². The van der Waals surface area contributed by atoms with Gasteiger partial charge in [0.25, 0.3) is 5.72 Å². The largest absolute Gasteiger partial charge is 0.496 e.